The Bertz CT molecular complexity index is 620. The summed E-state index contributed by atoms with van der Waals surface area (Å²) < 4.78 is 10.5. The van der Waals surface area contributed by atoms with Gasteiger partial charge in [-0.25, -0.2) is 0 Å². The third kappa shape index (κ3) is 7.56. The van der Waals surface area contributed by atoms with Gasteiger partial charge in [0, 0.05) is 38.5 Å². The molecule has 8 nitrogen and oxygen atoms in total. The number of rotatable bonds is 8. The number of nitrogens with zero attached hydrogens (tertiary/aromatic N) is 4. The van der Waals surface area contributed by atoms with Crippen LogP contribution in [0, 0.1) is 5.92 Å². The Morgan fingerprint density at radius 3 is 2.86 bits per heavy atom. The summed E-state index contributed by atoms with van der Waals surface area (Å²) in [6, 6.07) is 0. The Hall–Kier alpha value is -1.39. The monoisotopic (exact) mass is 507 g/mol. The van der Waals surface area contributed by atoms with Crippen LogP contribution in [0.2, 0.25) is 0 Å². The lowest BCUT2D eigenvalue weighted by atomic mass is 9.98. The lowest BCUT2D eigenvalue weighted by Crippen LogP contribution is -2.48. The first kappa shape index (κ1) is 24.6. The number of likely N-dealkylation sites (tertiary alicyclic amines) is 1. The summed E-state index contributed by atoms with van der Waals surface area (Å²) in [6.07, 6.45) is 3.40. The van der Waals surface area contributed by atoms with Crippen molar-refractivity contribution in [2.45, 2.75) is 59.3 Å². The molecule has 0 radical (unpaired) electrons. The highest BCUT2D eigenvalue weighted by molar-refractivity contribution is 14.0. The fourth-order valence-corrected chi connectivity index (χ4v) is 3.07. The largest absolute Gasteiger partial charge is 0.466 e. The summed E-state index contributed by atoms with van der Waals surface area (Å²) >= 11 is 0. The third-order valence-electron chi connectivity index (χ3n) is 4.49. The lowest BCUT2D eigenvalue weighted by molar-refractivity contribution is -0.149. The SMILES string of the molecule is CCNC(=NCCCc1nc(C(C)C)no1)N1CCCC(C(=O)OCC)C1.I. The zero-order valence-electron chi connectivity index (χ0n) is 17.4. The van der Waals surface area contributed by atoms with Crippen molar-refractivity contribution in [3.05, 3.63) is 11.7 Å². The number of hydrogen-bond donors (Lipinski definition) is 1. The van der Waals surface area contributed by atoms with Crippen LogP contribution in [0.4, 0.5) is 0 Å². The molecule has 2 heterocycles. The Balaban J connectivity index is 0.00000392. The number of halogens is 1. The molecule has 0 aliphatic carbocycles. The Labute approximate surface area is 184 Å². The van der Waals surface area contributed by atoms with Crippen molar-refractivity contribution >= 4 is 35.9 Å². The summed E-state index contributed by atoms with van der Waals surface area (Å²) in [4.78, 5) is 23.3. The van der Waals surface area contributed by atoms with E-state index in [0.717, 1.165) is 44.1 Å². The van der Waals surface area contributed by atoms with Crippen LogP contribution >= 0.6 is 24.0 Å². The molecule has 28 heavy (non-hydrogen) atoms. The van der Waals surface area contributed by atoms with Gasteiger partial charge in [0.25, 0.3) is 0 Å². The Kier molecular flexibility index (Phi) is 11.4. The van der Waals surface area contributed by atoms with Crippen molar-refractivity contribution in [1.82, 2.24) is 20.4 Å². The fourth-order valence-electron chi connectivity index (χ4n) is 3.07. The smallest absolute Gasteiger partial charge is 0.310 e. The topological polar surface area (TPSA) is 92.9 Å². The molecule has 160 valence electrons. The maximum atomic E-state index is 12.1. The number of aryl methyl sites for hydroxylation is 1. The zero-order valence-corrected chi connectivity index (χ0v) is 19.8. The minimum absolute atomic E-state index is 0. The van der Waals surface area contributed by atoms with Crippen molar-refractivity contribution in [1.29, 1.82) is 0 Å². The van der Waals surface area contributed by atoms with Crippen LogP contribution in [-0.2, 0) is 16.0 Å². The van der Waals surface area contributed by atoms with E-state index in [1.54, 1.807) is 0 Å². The number of esters is 1. The van der Waals surface area contributed by atoms with Crippen molar-refractivity contribution in [2.24, 2.45) is 10.9 Å². The minimum Gasteiger partial charge on any atom is -0.466 e. The first-order chi connectivity index (χ1) is 13.0. The van der Waals surface area contributed by atoms with E-state index < -0.39 is 0 Å². The molecule has 1 aromatic rings. The lowest BCUT2D eigenvalue weighted by Gasteiger charge is -2.34. The highest BCUT2D eigenvalue weighted by Crippen LogP contribution is 2.18. The number of nitrogens with one attached hydrogen (secondary N) is 1. The van der Waals surface area contributed by atoms with Gasteiger partial charge in [0.05, 0.1) is 12.5 Å². The number of carbonyl (C=O) groups excluding carboxylic acids is 1. The van der Waals surface area contributed by atoms with Gasteiger partial charge in [-0.1, -0.05) is 19.0 Å². The highest BCUT2D eigenvalue weighted by Gasteiger charge is 2.28. The molecule has 1 fully saturated rings. The van der Waals surface area contributed by atoms with Crippen LogP contribution in [-0.4, -0.2) is 59.8 Å². The summed E-state index contributed by atoms with van der Waals surface area (Å²) in [7, 11) is 0. The van der Waals surface area contributed by atoms with E-state index in [4.69, 9.17) is 14.3 Å². The van der Waals surface area contributed by atoms with Gasteiger partial charge in [-0.05, 0) is 33.1 Å². The van der Waals surface area contributed by atoms with Gasteiger partial charge in [0.2, 0.25) is 5.89 Å². The standard InChI is InChI=1S/C19H33N5O3.HI/c1-5-20-19(24-12-8-9-15(13-24)18(25)26-6-2)21-11-7-10-16-22-17(14(3)4)23-27-16;/h14-15H,5-13H2,1-4H3,(H,20,21);1H. The molecule has 0 saturated carbocycles. The molecular formula is C19H34IN5O3. The second-order valence-corrected chi connectivity index (χ2v) is 7.08. The minimum atomic E-state index is -0.101. The van der Waals surface area contributed by atoms with Crippen LogP contribution < -0.4 is 5.32 Å². The quantitative estimate of drug-likeness (QED) is 0.190. The number of carbonyl (C=O) groups is 1. The van der Waals surface area contributed by atoms with E-state index in [1.807, 2.05) is 27.7 Å². The predicted molar refractivity (Wildman–Crippen MR) is 119 cm³/mol. The van der Waals surface area contributed by atoms with E-state index in [2.05, 4.69) is 20.4 Å². The number of piperidine rings is 1. The summed E-state index contributed by atoms with van der Waals surface area (Å²) in [5, 5.41) is 7.32. The van der Waals surface area contributed by atoms with Crippen molar-refractivity contribution in [3.63, 3.8) is 0 Å². The van der Waals surface area contributed by atoms with Crippen LogP contribution in [0.15, 0.2) is 9.52 Å². The van der Waals surface area contributed by atoms with Crippen molar-refractivity contribution in [3.8, 4) is 0 Å². The van der Waals surface area contributed by atoms with Gasteiger partial charge < -0.3 is 19.5 Å². The van der Waals surface area contributed by atoms with Gasteiger partial charge in [0.1, 0.15) is 0 Å². The van der Waals surface area contributed by atoms with Crippen LogP contribution in [0.25, 0.3) is 0 Å². The van der Waals surface area contributed by atoms with Gasteiger partial charge in [0.15, 0.2) is 11.8 Å². The zero-order chi connectivity index (χ0) is 19.6. The average Bonchev–Trinajstić information content (AvgIpc) is 3.14. The average molecular weight is 507 g/mol. The summed E-state index contributed by atoms with van der Waals surface area (Å²) in [5.74, 6) is 2.37. The van der Waals surface area contributed by atoms with E-state index in [-0.39, 0.29) is 41.8 Å². The molecule has 0 bridgehead atoms. The molecule has 9 heteroatoms. The highest BCUT2D eigenvalue weighted by atomic mass is 127. The molecule has 1 N–H and O–H groups in total. The van der Waals surface area contributed by atoms with Gasteiger partial charge >= 0.3 is 5.97 Å². The van der Waals surface area contributed by atoms with Crippen LogP contribution in [0.5, 0.6) is 0 Å². The molecule has 0 aromatic carbocycles. The summed E-state index contributed by atoms with van der Waals surface area (Å²) in [6.45, 7) is 11.4. The van der Waals surface area contributed by atoms with E-state index in [9.17, 15) is 4.79 Å². The molecule has 1 unspecified atom stereocenters. The van der Waals surface area contributed by atoms with Crippen LogP contribution in [0.1, 0.15) is 64.6 Å². The fraction of sp³-hybridized carbons (Fsp3) is 0.789. The number of ether oxygens (including phenoxy) is 1. The van der Waals surface area contributed by atoms with Gasteiger partial charge in [-0.15, -0.1) is 24.0 Å². The Morgan fingerprint density at radius 2 is 2.21 bits per heavy atom. The second kappa shape index (κ2) is 12.9. The first-order valence-electron chi connectivity index (χ1n) is 10.1. The van der Waals surface area contributed by atoms with E-state index in [0.29, 0.717) is 32.0 Å². The molecule has 1 saturated heterocycles. The third-order valence-corrected chi connectivity index (χ3v) is 4.49. The molecule has 0 amide bonds. The maximum Gasteiger partial charge on any atom is 0.310 e. The van der Waals surface area contributed by atoms with E-state index >= 15 is 0 Å². The van der Waals surface area contributed by atoms with Crippen LogP contribution in [0.3, 0.4) is 0 Å². The first-order valence-corrected chi connectivity index (χ1v) is 10.1. The Morgan fingerprint density at radius 1 is 1.43 bits per heavy atom. The van der Waals surface area contributed by atoms with Gasteiger partial charge in [-0.3, -0.25) is 9.79 Å². The maximum absolute atomic E-state index is 12.1. The summed E-state index contributed by atoms with van der Waals surface area (Å²) in [5.41, 5.74) is 0. The van der Waals surface area contributed by atoms with E-state index in [1.165, 1.54) is 0 Å². The van der Waals surface area contributed by atoms with Crippen molar-refractivity contribution < 1.29 is 14.1 Å². The number of hydrogen-bond acceptors (Lipinski definition) is 6. The molecule has 0 spiro atoms. The second-order valence-electron chi connectivity index (χ2n) is 7.08. The molecule has 1 aromatic heterocycles. The molecule has 1 aliphatic heterocycles. The molecular weight excluding hydrogens is 473 g/mol. The number of guanidine groups is 1. The molecule has 1 aliphatic rings. The molecule has 1 atom stereocenters. The van der Waals surface area contributed by atoms with Crippen molar-refractivity contribution in [2.75, 3.05) is 32.8 Å². The van der Waals surface area contributed by atoms with Gasteiger partial charge in [-0.2, -0.15) is 4.98 Å². The number of aromatic nitrogens is 2. The molecule has 2 rings (SSSR count). The normalized spacial score (nSPS) is 17.4. The number of aliphatic imine (C=N–C) groups is 1. The predicted octanol–water partition coefficient (Wildman–Crippen LogP) is 2.98.